The SMILES string of the molecule is Oc1cccc2cccnc12.Oc1cccc2cccnc12.Oc1cccc2cccnc12.[Co]. The summed E-state index contributed by atoms with van der Waals surface area (Å²) in [4.78, 5) is 12.1. The van der Waals surface area contributed by atoms with E-state index in [9.17, 15) is 15.3 Å². The van der Waals surface area contributed by atoms with Crippen LogP contribution in [0.4, 0.5) is 0 Å². The molecule has 3 aromatic heterocycles. The summed E-state index contributed by atoms with van der Waals surface area (Å²) in [6.45, 7) is 0. The molecule has 0 aliphatic rings. The average Bonchev–Trinajstić information content (AvgIpc) is 2.86. The van der Waals surface area contributed by atoms with Crippen LogP contribution in [0.15, 0.2) is 110 Å². The van der Waals surface area contributed by atoms with Gasteiger partial charge in [-0.05, 0) is 36.4 Å². The van der Waals surface area contributed by atoms with Crippen molar-refractivity contribution in [2.24, 2.45) is 0 Å². The van der Waals surface area contributed by atoms with Crippen LogP contribution in [-0.4, -0.2) is 30.3 Å². The third-order valence-corrected chi connectivity index (χ3v) is 4.83. The van der Waals surface area contributed by atoms with Gasteiger partial charge < -0.3 is 15.3 Å². The summed E-state index contributed by atoms with van der Waals surface area (Å²) in [6, 6.07) is 27.4. The molecule has 0 unspecified atom stereocenters. The van der Waals surface area contributed by atoms with Gasteiger partial charge >= 0.3 is 0 Å². The van der Waals surface area contributed by atoms with Crippen LogP contribution in [0.2, 0.25) is 0 Å². The van der Waals surface area contributed by atoms with Crippen LogP contribution >= 0.6 is 0 Å². The van der Waals surface area contributed by atoms with Crippen molar-refractivity contribution in [3.8, 4) is 17.2 Å². The predicted octanol–water partition coefficient (Wildman–Crippen LogP) is 5.82. The van der Waals surface area contributed by atoms with Gasteiger partial charge in [0, 0.05) is 51.5 Å². The molecule has 0 bridgehead atoms. The summed E-state index contributed by atoms with van der Waals surface area (Å²) in [7, 11) is 0. The topological polar surface area (TPSA) is 99.4 Å². The van der Waals surface area contributed by atoms with Crippen LogP contribution in [0.25, 0.3) is 32.7 Å². The summed E-state index contributed by atoms with van der Waals surface area (Å²) >= 11 is 0. The van der Waals surface area contributed by atoms with Gasteiger partial charge in [0.25, 0.3) is 0 Å². The van der Waals surface area contributed by atoms with Crippen molar-refractivity contribution < 1.29 is 32.1 Å². The molecule has 0 saturated carbocycles. The van der Waals surface area contributed by atoms with Gasteiger partial charge in [-0.15, -0.1) is 0 Å². The molecule has 0 aliphatic carbocycles. The van der Waals surface area contributed by atoms with E-state index in [0.717, 1.165) is 16.2 Å². The molecule has 3 N–H and O–H groups in total. The summed E-state index contributed by atoms with van der Waals surface area (Å²) in [6.07, 6.45) is 5.01. The quantitative estimate of drug-likeness (QED) is 0.246. The van der Waals surface area contributed by atoms with Gasteiger partial charge in [0.15, 0.2) is 0 Å². The number of aromatic hydroxyl groups is 3. The summed E-state index contributed by atoms with van der Waals surface area (Å²) in [5.41, 5.74) is 1.99. The van der Waals surface area contributed by atoms with Gasteiger partial charge in [0.1, 0.15) is 33.8 Å². The van der Waals surface area contributed by atoms with Crippen LogP contribution in [0.3, 0.4) is 0 Å². The van der Waals surface area contributed by atoms with Crippen molar-refractivity contribution in [3.63, 3.8) is 0 Å². The zero-order valence-electron chi connectivity index (χ0n) is 17.9. The van der Waals surface area contributed by atoms with Crippen LogP contribution in [0, 0.1) is 0 Å². The number of hydrogen-bond donors (Lipinski definition) is 3. The number of nitrogens with zero attached hydrogens (tertiary/aromatic N) is 3. The first kappa shape index (κ1) is 24.4. The second kappa shape index (κ2) is 11.6. The maximum atomic E-state index is 9.31. The van der Waals surface area contributed by atoms with Crippen molar-refractivity contribution in [2.75, 3.05) is 0 Å². The molecule has 3 heterocycles. The molecule has 1 radical (unpaired) electrons. The number of phenols is 3. The number of pyridine rings is 3. The number of phenolic OH excluding ortho intramolecular Hbond substituents is 3. The smallest absolute Gasteiger partial charge is 0.141 e. The molecule has 0 amide bonds. The molecule has 6 nitrogen and oxygen atoms in total. The number of rotatable bonds is 0. The van der Waals surface area contributed by atoms with Gasteiger partial charge in [-0.2, -0.15) is 0 Å². The minimum atomic E-state index is 0. The fraction of sp³-hybridized carbons (Fsp3) is 0. The molecule has 0 spiro atoms. The number of para-hydroxylation sites is 3. The Morgan fingerprint density at radius 2 is 0.647 bits per heavy atom. The fourth-order valence-electron chi connectivity index (χ4n) is 3.26. The molecule has 34 heavy (non-hydrogen) atoms. The Morgan fingerprint density at radius 3 is 0.912 bits per heavy atom. The van der Waals surface area contributed by atoms with Gasteiger partial charge in [0.2, 0.25) is 0 Å². The van der Waals surface area contributed by atoms with Crippen LogP contribution in [-0.2, 0) is 16.8 Å². The molecular formula is C27H21CoN3O3. The fourth-order valence-corrected chi connectivity index (χ4v) is 3.26. The zero-order valence-corrected chi connectivity index (χ0v) is 18.9. The number of aromatic nitrogens is 3. The third kappa shape index (κ3) is 5.77. The Morgan fingerprint density at radius 1 is 0.382 bits per heavy atom. The Balaban J connectivity index is 0.000000141. The maximum absolute atomic E-state index is 9.31. The predicted molar refractivity (Wildman–Crippen MR) is 130 cm³/mol. The number of hydrogen-bond acceptors (Lipinski definition) is 6. The van der Waals surface area contributed by atoms with E-state index in [-0.39, 0.29) is 34.0 Å². The minimum Gasteiger partial charge on any atom is -0.506 e. The first-order valence-corrected chi connectivity index (χ1v) is 10.2. The Kier molecular flexibility index (Phi) is 8.34. The molecule has 171 valence electrons. The van der Waals surface area contributed by atoms with E-state index in [0.29, 0.717) is 16.6 Å². The Bertz CT molecular complexity index is 1330. The second-order valence-corrected chi connectivity index (χ2v) is 7.06. The van der Waals surface area contributed by atoms with Gasteiger partial charge in [-0.1, -0.05) is 54.6 Å². The van der Waals surface area contributed by atoms with Crippen LogP contribution < -0.4 is 0 Å². The van der Waals surface area contributed by atoms with Crippen LogP contribution in [0.5, 0.6) is 17.2 Å². The zero-order chi connectivity index (χ0) is 23.0. The van der Waals surface area contributed by atoms with E-state index in [1.807, 2.05) is 54.6 Å². The number of benzene rings is 3. The molecule has 6 rings (SSSR count). The van der Waals surface area contributed by atoms with Crippen molar-refractivity contribution in [3.05, 3.63) is 110 Å². The molecule has 7 heteroatoms. The van der Waals surface area contributed by atoms with Crippen molar-refractivity contribution >= 4 is 32.7 Å². The molecule has 0 saturated heterocycles. The number of fused-ring (bicyclic) bond motifs is 3. The van der Waals surface area contributed by atoms with Gasteiger partial charge in [-0.3, -0.25) is 15.0 Å². The summed E-state index contributed by atoms with van der Waals surface area (Å²) in [5.74, 6) is 0.717. The summed E-state index contributed by atoms with van der Waals surface area (Å²) in [5, 5.41) is 30.8. The molecule has 6 aromatic rings. The first-order chi connectivity index (χ1) is 16.1. The maximum Gasteiger partial charge on any atom is 0.141 e. The van der Waals surface area contributed by atoms with E-state index in [4.69, 9.17) is 0 Å². The molecule has 0 atom stereocenters. The monoisotopic (exact) mass is 494 g/mol. The van der Waals surface area contributed by atoms with E-state index in [2.05, 4.69) is 15.0 Å². The van der Waals surface area contributed by atoms with Gasteiger partial charge in [-0.25, -0.2) is 0 Å². The van der Waals surface area contributed by atoms with E-state index >= 15 is 0 Å². The molecule has 3 aromatic carbocycles. The largest absolute Gasteiger partial charge is 0.506 e. The minimum absolute atomic E-state index is 0. The molecular weight excluding hydrogens is 473 g/mol. The van der Waals surface area contributed by atoms with Crippen LogP contribution in [0.1, 0.15) is 0 Å². The molecule has 0 aliphatic heterocycles. The van der Waals surface area contributed by atoms with Crippen molar-refractivity contribution in [1.29, 1.82) is 0 Å². The standard InChI is InChI=1S/3C9H7NO.Co/c3*11-8-5-1-3-7-4-2-6-10-9(7)8;/h3*1-6,11H;. The van der Waals surface area contributed by atoms with Crippen molar-refractivity contribution in [2.45, 2.75) is 0 Å². The van der Waals surface area contributed by atoms with Crippen molar-refractivity contribution in [1.82, 2.24) is 15.0 Å². The van der Waals surface area contributed by atoms with E-state index in [1.54, 1.807) is 55.0 Å². The van der Waals surface area contributed by atoms with Gasteiger partial charge in [0.05, 0.1) is 0 Å². The Labute approximate surface area is 206 Å². The van der Waals surface area contributed by atoms with E-state index in [1.165, 1.54) is 0 Å². The first-order valence-electron chi connectivity index (χ1n) is 10.2. The molecule has 0 fully saturated rings. The normalized spacial score (nSPS) is 9.88. The second-order valence-electron chi connectivity index (χ2n) is 7.06. The Hall–Kier alpha value is -4.20. The average molecular weight is 494 g/mol. The third-order valence-electron chi connectivity index (χ3n) is 4.83. The summed E-state index contributed by atoms with van der Waals surface area (Å²) < 4.78 is 0. The van der Waals surface area contributed by atoms with E-state index < -0.39 is 0 Å².